The van der Waals surface area contributed by atoms with Crippen molar-refractivity contribution in [2.45, 2.75) is 20.5 Å². The zero-order chi connectivity index (χ0) is 31.1. The second kappa shape index (κ2) is 9.36. The fourth-order valence-electron chi connectivity index (χ4n) is 5.25. The fourth-order valence-corrected chi connectivity index (χ4v) is 5.25. The number of methoxy groups -OCH3 is 1. The van der Waals surface area contributed by atoms with Crippen LogP contribution in [0.4, 0.5) is 0 Å². The van der Waals surface area contributed by atoms with Gasteiger partial charge in [0.25, 0.3) is 0 Å². The Hall–Kier alpha value is -5.82. The van der Waals surface area contributed by atoms with E-state index in [2.05, 4.69) is 0 Å². The molecule has 4 aromatic carbocycles. The van der Waals surface area contributed by atoms with E-state index in [1.807, 2.05) is 0 Å². The molecule has 0 saturated heterocycles. The van der Waals surface area contributed by atoms with Crippen LogP contribution < -0.4 is 20.3 Å². The normalized spacial score (nSPS) is 11.6. The van der Waals surface area contributed by atoms with Gasteiger partial charge in [-0.1, -0.05) is 0 Å². The summed E-state index contributed by atoms with van der Waals surface area (Å²) in [6.07, 6.45) is 0. The highest BCUT2D eigenvalue weighted by molar-refractivity contribution is 6.03. The molecule has 0 saturated carbocycles. The Labute approximate surface area is 238 Å². The first kappa shape index (κ1) is 27.4. The first-order chi connectivity index (χ1) is 20.4. The van der Waals surface area contributed by atoms with Gasteiger partial charge in [-0.2, -0.15) is 0 Å². The van der Waals surface area contributed by atoms with Gasteiger partial charge in [0.05, 0.1) is 24.5 Å². The number of phenolic OH excluding ortho intramolecular Hbond substituents is 6. The minimum Gasteiger partial charge on any atom is -0.507 e. The first-order valence-electron chi connectivity index (χ1n) is 12.6. The summed E-state index contributed by atoms with van der Waals surface area (Å²) in [5, 5.41) is 72.1. The third kappa shape index (κ3) is 3.75. The molecule has 0 unspecified atom stereocenters. The standard InChI is InChI=1S/C30H22O13/c1-9-4-13(33)25(29-16(9)20(35)18-12(32)6-11(8-31)7-15(18)41-29)42-26-14(34)5-10(2)17-21(36)19-27(40-3)23(38)22(37)24(39)28(19)43-30(17)26/h4-7,31-34,37-39H,8H2,1-3H3. The number of aliphatic hydroxyl groups is 1. The van der Waals surface area contributed by atoms with E-state index < -0.39 is 85.8 Å². The van der Waals surface area contributed by atoms with Crippen LogP contribution in [0.2, 0.25) is 0 Å². The molecule has 2 aromatic heterocycles. The van der Waals surface area contributed by atoms with E-state index >= 15 is 0 Å². The first-order valence-corrected chi connectivity index (χ1v) is 12.6. The van der Waals surface area contributed by atoms with Crippen molar-refractivity contribution in [1.29, 1.82) is 0 Å². The lowest BCUT2D eigenvalue weighted by Crippen LogP contribution is -2.08. The Morgan fingerprint density at radius 3 is 1.74 bits per heavy atom. The molecule has 0 fully saturated rings. The summed E-state index contributed by atoms with van der Waals surface area (Å²) in [4.78, 5) is 27.2. The Balaban J connectivity index is 1.73. The van der Waals surface area contributed by atoms with Crippen molar-refractivity contribution in [3.63, 3.8) is 0 Å². The fraction of sp³-hybridized carbons (Fsp3) is 0.133. The van der Waals surface area contributed by atoms with Crippen LogP contribution in [0.25, 0.3) is 43.9 Å². The summed E-state index contributed by atoms with van der Waals surface area (Å²) in [6, 6.07) is 4.89. The van der Waals surface area contributed by atoms with Crippen LogP contribution in [0.3, 0.4) is 0 Å². The molecule has 0 aliphatic rings. The van der Waals surface area contributed by atoms with Gasteiger partial charge in [0.1, 0.15) is 22.1 Å². The van der Waals surface area contributed by atoms with Gasteiger partial charge in [-0.15, -0.1) is 0 Å². The van der Waals surface area contributed by atoms with Crippen LogP contribution in [0.1, 0.15) is 16.7 Å². The van der Waals surface area contributed by atoms with Gasteiger partial charge >= 0.3 is 0 Å². The van der Waals surface area contributed by atoms with Gasteiger partial charge in [-0.05, 0) is 54.8 Å². The van der Waals surface area contributed by atoms with Crippen LogP contribution in [-0.2, 0) is 6.61 Å². The molecule has 0 amide bonds. The summed E-state index contributed by atoms with van der Waals surface area (Å²) in [6.45, 7) is 2.50. The molecule has 0 aliphatic carbocycles. The Morgan fingerprint density at radius 1 is 0.628 bits per heavy atom. The molecule has 13 nitrogen and oxygen atoms in total. The van der Waals surface area contributed by atoms with Crippen molar-refractivity contribution < 1.29 is 54.1 Å². The second-order valence-electron chi connectivity index (χ2n) is 9.89. The van der Waals surface area contributed by atoms with Gasteiger partial charge < -0.3 is 54.1 Å². The molecule has 0 radical (unpaired) electrons. The second-order valence-corrected chi connectivity index (χ2v) is 9.89. The molecule has 13 heteroatoms. The molecule has 6 aromatic rings. The van der Waals surface area contributed by atoms with Gasteiger partial charge in [0.15, 0.2) is 34.0 Å². The lowest BCUT2D eigenvalue weighted by molar-refractivity contribution is 0.281. The van der Waals surface area contributed by atoms with Gasteiger partial charge in [0.2, 0.25) is 39.6 Å². The number of benzene rings is 4. The number of hydrogen-bond acceptors (Lipinski definition) is 13. The van der Waals surface area contributed by atoms with E-state index in [0.29, 0.717) is 0 Å². The van der Waals surface area contributed by atoms with Crippen molar-refractivity contribution in [3.05, 3.63) is 61.4 Å². The topological polar surface area (TPSA) is 220 Å². The maximum Gasteiger partial charge on any atom is 0.212 e. The number of fused-ring (bicyclic) bond motifs is 4. The van der Waals surface area contributed by atoms with Crippen LogP contribution in [-0.4, -0.2) is 42.9 Å². The maximum atomic E-state index is 13.7. The van der Waals surface area contributed by atoms with E-state index in [0.717, 1.165) is 13.2 Å². The number of aryl methyl sites for hydroxylation is 2. The largest absolute Gasteiger partial charge is 0.507 e. The minimum atomic E-state index is -1.03. The quantitative estimate of drug-likeness (QED) is 0.112. The lowest BCUT2D eigenvalue weighted by Gasteiger charge is -2.16. The van der Waals surface area contributed by atoms with E-state index in [-0.39, 0.29) is 44.0 Å². The molecule has 0 atom stereocenters. The molecule has 0 aliphatic heterocycles. The molecule has 7 N–H and O–H groups in total. The Kier molecular flexibility index (Phi) is 5.95. The number of aromatic hydroxyl groups is 6. The predicted molar refractivity (Wildman–Crippen MR) is 152 cm³/mol. The Morgan fingerprint density at radius 2 is 1.19 bits per heavy atom. The molecule has 2 heterocycles. The molecular weight excluding hydrogens is 568 g/mol. The van der Waals surface area contributed by atoms with Gasteiger partial charge in [-0.3, -0.25) is 9.59 Å². The van der Waals surface area contributed by atoms with Gasteiger partial charge in [0, 0.05) is 0 Å². The summed E-state index contributed by atoms with van der Waals surface area (Å²) in [7, 11) is 1.12. The van der Waals surface area contributed by atoms with Crippen LogP contribution >= 0.6 is 0 Å². The van der Waals surface area contributed by atoms with E-state index in [9.17, 15) is 45.3 Å². The third-order valence-corrected chi connectivity index (χ3v) is 7.22. The highest BCUT2D eigenvalue weighted by Gasteiger charge is 2.29. The van der Waals surface area contributed by atoms with E-state index in [4.69, 9.17) is 18.3 Å². The summed E-state index contributed by atoms with van der Waals surface area (Å²) < 4.78 is 22.7. The number of hydrogen-bond donors (Lipinski definition) is 7. The van der Waals surface area contributed by atoms with Crippen LogP contribution in [0.5, 0.6) is 51.7 Å². The average Bonchev–Trinajstić information content (AvgIpc) is 2.95. The molecular formula is C30H22O13. The SMILES string of the molecule is COc1c(O)c(O)c(O)c2oc3c(Oc4c(O)cc(C)c5c(=O)c6c(O)cc(CO)cc6oc45)c(O)cc(C)c3c(=O)c12. The third-order valence-electron chi connectivity index (χ3n) is 7.22. The van der Waals surface area contributed by atoms with E-state index in [1.54, 1.807) is 0 Å². The zero-order valence-electron chi connectivity index (χ0n) is 22.6. The maximum absolute atomic E-state index is 13.7. The number of rotatable bonds is 4. The molecule has 0 bridgehead atoms. The van der Waals surface area contributed by atoms with Crippen molar-refractivity contribution in [2.75, 3.05) is 7.11 Å². The van der Waals surface area contributed by atoms with Crippen LogP contribution in [0.15, 0.2) is 42.7 Å². The van der Waals surface area contributed by atoms with Crippen LogP contribution in [0, 0.1) is 13.8 Å². The highest BCUT2D eigenvalue weighted by atomic mass is 16.5. The van der Waals surface area contributed by atoms with Crippen molar-refractivity contribution in [1.82, 2.24) is 0 Å². The smallest absolute Gasteiger partial charge is 0.212 e. The number of ether oxygens (including phenoxy) is 2. The highest BCUT2D eigenvalue weighted by Crippen LogP contribution is 2.51. The lowest BCUT2D eigenvalue weighted by atomic mass is 10.0. The summed E-state index contributed by atoms with van der Waals surface area (Å²) in [5.74, 6) is -6.00. The van der Waals surface area contributed by atoms with Crippen molar-refractivity contribution >= 4 is 43.9 Å². The van der Waals surface area contributed by atoms with Crippen molar-refractivity contribution in [3.8, 4) is 51.7 Å². The molecule has 6 rings (SSSR count). The summed E-state index contributed by atoms with van der Waals surface area (Å²) in [5.41, 5.74) is -2.32. The monoisotopic (exact) mass is 590 g/mol. The molecule has 43 heavy (non-hydrogen) atoms. The predicted octanol–water partition coefficient (Wildman–Crippen LogP) is 4.35. The zero-order valence-corrected chi connectivity index (χ0v) is 22.6. The molecule has 0 spiro atoms. The number of aliphatic hydroxyl groups excluding tert-OH is 1. The average molecular weight is 590 g/mol. The Bertz CT molecular complexity index is 2310. The number of phenols is 6. The van der Waals surface area contributed by atoms with E-state index in [1.165, 1.54) is 32.0 Å². The minimum absolute atomic E-state index is 0.0852. The molecule has 220 valence electrons. The summed E-state index contributed by atoms with van der Waals surface area (Å²) >= 11 is 0. The van der Waals surface area contributed by atoms with Gasteiger partial charge in [-0.25, -0.2) is 0 Å². The van der Waals surface area contributed by atoms with Crippen molar-refractivity contribution in [2.24, 2.45) is 0 Å².